The van der Waals surface area contributed by atoms with Crippen LogP contribution < -0.4 is 11.3 Å². The molecule has 13 nitrogen and oxygen atoms in total. The molecule has 0 radical (unpaired) electrons. The Kier molecular flexibility index (Phi) is 6.34. The van der Waals surface area contributed by atoms with Crippen LogP contribution in [0.3, 0.4) is 0 Å². The smallest absolute Gasteiger partial charge is 0.387 e. The molecule has 2 aliphatic rings. The number of phosphoric acid groups is 1. The van der Waals surface area contributed by atoms with Gasteiger partial charge in [-0.25, -0.2) is 4.57 Å². The number of nitrogens with one attached hydrogen (secondary N) is 1. The molecular weight excluding hydrogens is 549 g/mol. The molecule has 5 rings (SSSR count). The normalized spacial score (nSPS) is 33.4. The molecule has 2 saturated heterocycles. The van der Waals surface area contributed by atoms with E-state index in [2.05, 4.69) is 30.9 Å². The minimum Gasteiger partial charge on any atom is -0.387 e. The maximum atomic E-state index is 13.1. The average molecular weight is 572 g/mol. The van der Waals surface area contributed by atoms with Crippen molar-refractivity contribution in [1.82, 2.24) is 19.5 Å². The molecule has 3 aromatic heterocycles. The number of aliphatic hydroxyl groups is 2. The summed E-state index contributed by atoms with van der Waals surface area (Å²) in [5.74, 6) is -0.111. The number of fused-ring (bicyclic) bond motifs is 1. The van der Waals surface area contributed by atoms with Crippen LogP contribution in [0, 0.1) is 0 Å². The van der Waals surface area contributed by atoms with Gasteiger partial charge in [-0.1, -0.05) is 0 Å². The third kappa shape index (κ3) is 4.56. The van der Waals surface area contributed by atoms with Gasteiger partial charge in [0.1, 0.15) is 17.8 Å². The molecule has 6 atom stereocenters. The molecular formula is C20H23BrN5O8P. The maximum absolute atomic E-state index is 13.1. The van der Waals surface area contributed by atoms with Crippen LogP contribution in [0.25, 0.3) is 11.0 Å². The van der Waals surface area contributed by atoms with Gasteiger partial charge >= 0.3 is 7.82 Å². The molecule has 0 bridgehead atoms. The van der Waals surface area contributed by atoms with Gasteiger partial charge in [0.05, 0.1) is 24.7 Å². The van der Waals surface area contributed by atoms with Gasteiger partial charge < -0.3 is 25.3 Å². The Bertz CT molecular complexity index is 1360. The van der Waals surface area contributed by atoms with Crippen molar-refractivity contribution in [1.29, 1.82) is 0 Å². The van der Waals surface area contributed by atoms with Crippen molar-refractivity contribution in [2.75, 3.05) is 18.9 Å². The lowest BCUT2D eigenvalue weighted by Crippen LogP contribution is -2.44. The van der Waals surface area contributed by atoms with Crippen molar-refractivity contribution in [2.45, 2.75) is 43.5 Å². The lowest BCUT2D eigenvalue weighted by molar-refractivity contribution is -0.0950. The number of aromatic nitrogens is 4. The molecule has 188 valence electrons. The van der Waals surface area contributed by atoms with Crippen LogP contribution in [0.4, 0.5) is 5.95 Å². The van der Waals surface area contributed by atoms with Crippen LogP contribution >= 0.6 is 23.8 Å². The quantitative estimate of drug-likeness (QED) is 0.327. The van der Waals surface area contributed by atoms with E-state index in [1.54, 1.807) is 18.5 Å². The maximum Gasteiger partial charge on any atom is 0.475 e. The van der Waals surface area contributed by atoms with Gasteiger partial charge in [0, 0.05) is 35.0 Å². The number of hydrogen-bond donors (Lipinski definition) is 4. The number of ether oxygens (including phenoxy) is 1. The summed E-state index contributed by atoms with van der Waals surface area (Å²) in [7, 11) is -4.00. The van der Waals surface area contributed by atoms with E-state index in [1.165, 1.54) is 23.8 Å². The van der Waals surface area contributed by atoms with E-state index in [9.17, 15) is 19.6 Å². The zero-order chi connectivity index (χ0) is 25.0. The summed E-state index contributed by atoms with van der Waals surface area (Å²) in [5.41, 5.74) is 4.27. The fraction of sp³-hybridized carbons (Fsp3) is 0.450. The van der Waals surface area contributed by atoms with Crippen LogP contribution in [-0.4, -0.2) is 60.8 Å². The first-order chi connectivity index (χ1) is 16.6. The van der Waals surface area contributed by atoms with E-state index in [0.717, 1.165) is 4.47 Å². The Morgan fingerprint density at radius 3 is 3.03 bits per heavy atom. The van der Waals surface area contributed by atoms with Gasteiger partial charge in [-0.2, -0.15) is 4.98 Å². The fourth-order valence-corrected chi connectivity index (χ4v) is 5.98. The SMILES string of the molecule is C[C@@]1(O)[C@H](O)[C@@H](CO[P@]2(=O)OCC[C@H](c3cncc(Br)c3)O2)O[C@H]1n1ccc2c(=O)[nH]c(N)nc21. The Hall–Kier alpha value is -2.16. The predicted octanol–water partition coefficient (Wildman–Crippen LogP) is 1.78. The van der Waals surface area contributed by atoms with E-state index < -0.39 is 50.1 Å². The Morgan fingerprint density at radius 2 is 2.26 bits per heavy atom. The molecule has 15 heteroatoms. The van der Waals surface area contributed by atoms with Crippen LogP contribution in [0.1, 0.15) is 31.2 Å². The second-order valence-corrected chi connectivity index (χ2v) is 11.0. The van der Waals surface area contributed by atoms with E-state index in [4.69, 9.17) is 24.0 Å². The number of aliphatic hydroxyl groups excluding tert-OH is 1. The van der Waals surface area contributed by atoms with Crippen molar-refractivity contribution in [3.8, 4) is 0 Å². The molecule has 0 unspecified atom stereocenters. The van der Waals surface area contributed by atoms with E-state index in [1.807, 2.05) is 0 Å². The molecule has 0 aromatic carbocycles. The van der Waals surface area contributed by atoms with Crippen LogP contribution in [0.5, 0.6) is 0 Å². The van der Waals surface area contributed by atoms with Crippen molar-refractivity contribution >= 4 is 40.7 Å². The molecule has 5 heterocycles. The zero-order valence-electron chi connectivity index (χ0n) is 18.4. The highest BCUT2D eigenvalue weighted by Crippen LogP contribution is 2.57. The number of pyridine rings is 1. The zero-order valence-corrected chi connectivity index (χ0v) is 20.9. The minimum absolute atomic E-state index is 0.111. The predicted molar refractivity (Wildman–Crippen MR) is 125 cm³/mol. The van der Waals surface area contributed by atoms with Crippen LogP contribution in [0.15, 0.2) is 40.0 Å². The molecule has 35 heavy (non-hydrogen) atoms. The Labute approximate surface area is 206 Å². The number of rotatable bonds is 5. The van der Waals surface area contributed by atoms with Gasteiger partial charge in [-0.05, 0) is 35.0 Å². The lowest BCUT2D eigenvalue weighted by Gasteiger charge is -2.30. The van der Waals surface area contributed by atoms with Gasteiger partial charge in [0.2, 0.25) is 5.95 Å². The number of hydrogen-bond acceptors (Lipinski definition) is 11. The number of aromatic amines is 1. The summed E-state index contributed by atoms with van der Waals surface area (Å²) >= 11 is 3.34. The van der Waals surface area contributed by atoms with Crippen LogP contribution in [0.2, 0.25) is 0 Å². The molecule has 3 aromatic rings. The summed E-state index contributed by atoms with van der Waals surface area (Å²) in [5, 5.41) is 22.0. The third-order valence-electron chi connectivity index (χ3n) is 5.99. The highest BCUT2D eigenvalue weighted by Gasteiger charge is 2.54. The van der Waals surface area contributed by atoms with E-state index >= 15 is 0 Å². The van der Waals surface area contributed by atoms with E-state index in [0.29, 0.717) is 12.0 Å². The third-order valence-corrected chi connectivity index (χ3v) is 7.90. The molecule has 0 amide bonds. The highest BCUT2D eigenvalue weighted by molar-refractivity contribution is 9.10. The monoisotopic (exact) mass is 571 g/mol. The average Bonchev–Trinajstić information content (AvgIpc) is 3.31. The van der Waals surface area contributed by atoms with Gasteiger partial charge in [0.15, 0.2) is 11.9 Å². The summed E-state index contributed by atoms with van der Waals surface area (Å²) < 4.78 is 37.5. The number of phosphoric ester groups is 1. The topological polar surface area (TPSA) is 184 Å². The number of nitrogen functional groups attached to an aromatic ring is 1. The van der Waals surface area contributed by atoms with Gasteiger partial charge in [-0.3, -0.25) is 28.3 Å². The molecule has 0 aliphatic carbocycles. The fourth-order valence-electron chi connectivity index (χ4n) is 4.20. The number of nitrogens with zero attached hydrogens (tertiary/aromatic N) is 3. The summed E-state index contributed by atoms with van der Waals surface area (Å²) in [4.78, 5) is 22.8. The highest BCUT2D eigenvalue weighted by atomic mass is 79.9. The van der Waals surface area contributed by atoms with Gasteiger partial charge in [0.25, 0.3) is 5.56 Å². The number of anilines is 1. The second-order valence-electron chi connectivity index (χ2n) is 8.50. The Morgan fingerprint density at radius 1 is 1.46 bits per heavy atom. The molecule has 0 spiro atoms. The van der Waals surface area contributed by atoms with Crippen molar-refractivity contribution in [3.05, 3.63) is 51.1 Å². The standard InChI is InChI=1S/C20H23BrN5O8P/c1-20(29)15(27)14(33-18(20)26-4-2-12-16(26)24-19(22)25-17(12)28)9-32-35(30)31-5-3-13(34-35)10-6-11(21)8-23-7-10/h2,4,6-8,13-15,18,27,29H,3,5,9H2,1H3,(H3,22,24,25,28)/t13-,14-,15-,18-,20-,35+/m1/s1. The first-order valence-electron chi connectivity index (χ1n) is 10.7. The first-order valence-corrected chi connectivity index (χ1v) is 12.9. The summed E-state index contributed by atoms with van der Waals surface area (Å²) in [6.07, 6.45) is 0.910. The van der Waals surface area contributed by atoms with Crippen LogP contribution in [-0.2, 0) is 22.9 Å². The summed E-state index contributed by atoms with van der Waals surface area (Å²) in [6, 6.07) is 3.29. The molecule has 2 aliphatic heterocycles. The lowest BCUT2D eigenvalue weighted by atomic mass is 9.96. The minimum atomic E-state index is -4.00. The summed E-state index contributed by atoms with van der Waals surface area (Å²) in [6.45, 7) is 1.10. The largest absolute Gasteiger partial charge is 0.475 e. The Balaban J connectivity index is 1.33. The van der Waals surface area contributed by atoms with Crippen molar-refractivity contribution < 1.29 is 33.1 Å². The second kappa shape index (κ2) is 9.05. The number of halogens is 1. The first kappa shape index (κ1) is 24.5. The number of nitrogens with two attached hydrogens (primary N) is 1. The van der Waals surface area contributed by atoms with Crippen molar-refractivity contribution in [2.24, 2.45) is 0 Å². The molecule has 0 saturated carbocycles. The number of H-pyrrole nitrogens is 1. The van der Waals surface area contributed by atoms with E-state index in [-0.39, 0.29) is 23.6 Å². The molecule has 5 N–H and O–H groups in total. The van der Waals surface area contributed by atoms with Gasteiger partial charge in [-0.15, -0.1) is 0 Å². The van der Waals surface area contributed by atoms with Crippen molar-refractivity contribution in [3.63, 3.8) is 0 Å². The molecule has 2 fully saturated rings.